The smallest absolute Gasteiger partial charge is 0.123 e. The van der Waals surface area contributed by atoms with Crippen molar-refractivity contribution in [1.82, 2.24) is 0 Å². The van der Waals surface area contributed by atoms with Crippen LogP contribution in [0.5, 0.6) is 0 Å². The summed E-state index contributed by atoms with van der Waals surface area (Å²) in [4.78, 5) is 0. The Morgan fingerprint density at radius 2 is 2.12 bits per heavy atom. The minimum Gasteiger partial charge on any atom is -0.465 e. The summed E-state index contributed by atoms with van der Waals surface area (Å²) in [5.41, 5.74) is 7.41. The third kappa shape index (κ3) is 2.58. The average molecular weight is 281 g/mol. The van der Waals surface area contributed by atoms with Crippen LogP contribution in [0.2, 0.25) is 0 Å². The number of benzene rings is 1. The van der Waals surface area contributed by atoms with Crippen LogP contribution in [-0.2, 0) is 6.54 Å². The SMILES string of the molecule is Cc1ccc(CNc2ccc(N)cc2Br)o1. The number of anilines is 2. The monoisotopic (exact) mass is 280 g/mol. The van der Waals surface area contributed by atoms with Gasteiger partial charge in [-0.3, -0.25) is 0 Å². The summed E-state index contributed by atoms with van der Waals surface area (Å²) in [6.07, 6.45) is 0. The molecule has 1 aromatic heterocycles. The predicted molar refractivity (Wildman–Crippen MR) is 69.3 cm³/mol. The predicted octanol–water partition coefficient (Wildman–Crippen LogP) is 3.54. The summed E-state index contributed by atoms with van der Waals surface area (Å²) >= 11 is 3.45. The van der Waals surface area contributed by atoms with Gasteiger partial charge in [0.05, 0.1) is 6.54 Å². The highest BCUT2D eigenvalue weighted by Crippen LogP contribution is 2.25. The first kappa shape index (κ1) is 11.1. The Labute approximate surface area is 103 Å². The molecule has 0 bridgehead atoms. The van der Waals surface area contributed by atoms with Crippen molar-refractivity contribution in [2.45, 2.75) is 13.5 Å². The number of hydrogen-bond donors (Lipinski definition) is 2. The van der Waals surface area contributed by atoms with Gasteiger partial charge in [0.2, 0.25) is 0 Å². The lowest BCUT2D eigenvalue weighted by Gasteiger charge is -2.07. The molecule has 84 valence electrons. The number of aryl methyl sites for hydroxylation is 1. The van der Waals surface area contributed by atoms with Crippen molar-refractivity contribution in [3.05, 3.63) is 46.3 Å². The van der Waals surface area contributed by atoms with Gasteiger partial charge in [0.1, 0.15) is 11.5 Å². The van der Waals surface area contributed by atoms with Crippen molar-refractivity contribution in [2.24, 2.45) is 0 Å². The summed E-state index contributed by atoms with van der Waals surface area (Å²) in [6.45, 7) is 2.60. The van der Waals surface area contributed by atoms with Crippen LogP contribution in [0, 0.1) is 6.92 Å². The minimum absolute atomic E-state index is 0.663. The van der Waals surface area contributed by atoms with Gasteiger partial charge < -0.3 is 15.5 Å². The number of furan rings is 1. The first-order valence-electron chi connectivity index (χ1n) is 4.99. The molecule has 0 aliphatic heterocycles. The molecular weight excluding hydrogens is 268 g/mol. The normalized spacial score (nSPS) is 10.4. The molecule has 16 heavy (non-hydrogen) atoms. The average Bonchev–Trinajstić information content (AvgIpc) is 2.63. The van der Waals surface area contributed by atoms with Gasteiger partial charge >= 0.3 is 0 Å². The van der Waals surface area contributed by atoms with Gasteiger partial charge in [-0.2, -0.15) is 0 Å². The molecule has 2 aromatic rings. The summed E-state index contributed by atoms with van der Waals surface area (Å²) < 4.78 is 6.42. The van der Waals surface area contributed by atoms with Crippen molar-refractivity contribution < 1.29 is 4.42 Å². The van der Waals surface area contributed by atoms with Gasteiger partial charge in [-0.15, -0.1) is 0 Å². The Kier molecular flexibility index (Phi) is 3.19. The molecule has 0 unspecified atom stereocenters. The van der Waals surface area contributed by atoms with E-state index in [0.29, 0.717) is 6.54 Å². The van der Waals surface area contributed by atoms with E-state index in [-0.39, 0.29) is 0 Å². The zero-order valence-corrected chi connectivity index (χ0v) is 10.5. The van der Waals surface area contributed by atoms with Crippen molar-refractivity contribution >= 4 is 27.3 Å². The molecule has 3 N–H and O–H groups in total. The van der Waals surface area contributed by atoms with E-state index in [1.165, 1.54) is 0 Å². The largest absolute Gasteiger partial charge is 0.465 e. The molecule has 0 aliphatic carbocycles. The highest BCUT2D eigenvalue weighted by molar-refractivity contribution is 9.10. The molecule has 2 rings (SSSR count). The number of halogens is 1. The standard InChI is InChI=1S/C12H13BrN2O/c1-8-2-4-10(16-8)7-15-12-5-3-9(14)6-11(12)13/h2-6,15H,7,14H2,1H3. The van der Waals surface area contributed by atoms with E-state index >= 15 is 0 Å². The highest BCUT2D eigenvalue weighted by atomic mass is 79.9. The Morgan fingerprint density at radius 3 is 2.75 bits per heavy atom. The fraction of sp³-hybridized carbons (Fsp3) is 0.167. The Morgan fingerprint density at radius 1 is 1.31 bits per heavy atom. The second kappa shape index (κ2) is 4.61. The van der Waals surface area contributed by atoms with E-state index in [1.807, 2.05) is 37.3 Å². The van der Waals surface area contributed by atoms with Crippen molar-refractivity contribution in [2.75, 3.05) is 11.1 Å². The van der Waals surface area contributed by atoms with Crippen molar-refractivity contribution in [3.8, 4) is 0 Å². The number of nitrogens with two attached hydrogens (primary N) is 1. The van der Waals surface area contributed by atoms with Crippen LogP contribution in [0.3, 0.4) is 0 Å². The molecule has 0 radical (unpaired) electrons. The van der Waals surface area contributed by atoms with Crippen LogP contribution in [0.25, 0.3) is 0 Å². The van der Waals surface area contributed by atoms with Crippen molar-refractivity contribution in [3.63, 3.8) is 0 Å². The van der Waals surface area contributed by atoms with Gasteiger partial charge in [-0.05, 0) is 53.2 Å². The summed E-state index contributed by atoms with van der Waals surface area (Å²) in [5, 5.41) is 3.27. The number of nitrogens with one attached hydrogen (secondary N) is 1. The highest BCUT2D eigenvalue weighted by Gasteiger charge is 2.02. The van der Waals surface area contributed by atoms with Gasteiger partial charge in [0.25, 0.3) is 0 Å². The van der Waals surface area contributed by atoms with Crippen LogP contribution in [0.15, 0.2) is 39.2 Å². The molecule has 0 amide bonds. The maximum atomic E-state index is 5.66. The quantitative estimate of drug-likeness (QED) is 0.846. The molecule has 0 fully saturated rings. The molecular formula is C12H13BrN2O. The Hall–Kier alpha value is -1.42. The van der Waals surface area contributed by atoms with Crippen LogP contribution in [0.1, 0.15) is 11.5 Å². The van der Waals surface area contributed by atoms with Crippen molar-refractivity contribution in [1.29, 1.82) is 0 Å². The van der Waals surface area contributed by atoms with E-state index in [9.17, 15) is 0 Å². The van der Waals surface area contributed by atoms with Gasteiger partial charge in [0, 0.05) is 15.8 Å². The number of nitrogen functional groups attached to an aromatic ring is 1. The third-order valence-corrected chi connectivity index (χ3v) is 2.90. The number of rotatable bonds is 3. The number of hydrogen-bond acceptors (Lipinski definition) is 3. The topological polar surface area (TPSA) is 51.2 Å². The van der Waals surface area contributed by atoms with Crippen LogP contribution < -0.4 is 11.1 Å². The second-order valence-electron chi connectivity index (χ2n) is 3.61. The summed E-state index contributed by atoms with van der Waals surface area (Å²) in [5.74, 6) is 1.84. The van der Waals surface area contributed by atoms with E-state index in [2.05, 4.69) is 21.2 Å². The molecule has 0 spiro atoms. The van der Waals surface area contributed by atoms with Gasteiger partial charge in [0.15, 0.2) is 0 Å². The molecule has 4 heteroatoms. The van der Waals surface area contributed by atoms with Crippen LogP contribution >= 0.6 is 15.9 Å². The summed E-state index contributed by atoms with van der Waals surface area (Å²) in [6, 6.07) is 9.59. The van der Waals surface area contributed by atoms with Gasteiger partial charge in [-0.1, -0.05) is 0 Å². The Balaban J connectivity index is 2.04. The lowest BCUT2D eigenvalue weighted by Crippen LogP contribution is -1.99. The summed E-state index contributed by atoms with van der Waals surface area (Å²) in [7, 11) is 0. The van der Waals surface area contributed by atoms with E-state index in [4.69, 9.17) is 10.2 Å². The lowest BCUT2D eigenvalue weighted by molar-refractivity contribution is 0.490. The molecule has 1 heterocycles. The zero-order chi connectivity index (χ0) is 11.5. The molecule has 0 aliphatic rings. The van der Waals surface area contributed by atoms with Crippen LogP contribution in [-0.4, -0.2) is 0 Å². The van der Waals surface area contributed by atoms with Gasteiger partial charge in [-0.25, -0.2) is 0 Å². The third-order valence-electron chi connectivity index (χ3n) is 2.24. The second-order valence-corrected chi connectivity index (χ2v) is 4.46. The fourth-order valence-electron chi connectivity index (χ4n) is 1.44. The molecule has 0 saturated heterocycles. The first-order chi connectivity index (χ1) is 7.65. The molecule has 0 saturated carbocycles. The minimum atomic E-state index is 0.663. The van der Waals surface area contributed by atoms with E-state index in [1.54, 1.807) is 0 Å². The maximum absolute atomic E-state index is 5.66. The maximum Gasteiger partial charge on any atom is 0.123 e. The van der Waals surface area contributed by atoms with Crippen LogP contribution in [0.4, 0.5) is 11.4 Å². The van der Waals surface area contributed by atoms with E-state index in [0.717, 1.165) is 27.4 Å². The van der Waals surface area contributed by atoms with E-state index < -0.39 is 0 Å². The molecule has 1 aromatic carbocycles. The lowest BCUT2D eigenvalue weighted by atomic mass is 10.3. The molecule has 3 nitrogen and oxygen atoms in total. The zero-order valence-electron chi connectivity index (χ0n) is 8.96. The Bertz CT molecular complexity index is 494. The fourth-order valence-corrected chi connectivity index (χ4v) is 1.97. The molecule has 0 atom stereocenters. The first-order valence-corrected chi connectivity index (χ1v) is 5.78.